The van der Waals surface area contributed by atoms with Gasteiger partial charge in [-0.25, -0.2) is 13.9 Å². The van der Waals surface area contributed by atoms with Gasteiger partial charge in [0.05, 0.1) is 30.8 Å². The Labute approximate surface area is 201 Å². The highest BCUT2D eigenvalue weighted by Gasteiger charge is 2.37. The number of carbonyl (C=O) groups is 1. The van der Waals surface area contributed by atoms with Crippen molar-refractivity contribution in [3.63, 3.8) is 0 Å². The molecule has 1 aliphatic rings. The lowest BCUT2D eigenvalue weighted by molar-refractivity contribution is 0.0433. The first-order valence-electron chi connectivity index (χ1n) is 11.5. The number of fused-ring (bicyclic) bond motifs is 1. The van der Waals surface area contributed by atoms with Crippen molar-refractivity contribution in [2.75, 3.05) is 24.5 Å². The molecule has 1 saturated heterocycles. The minimum atomic E-state index is -1.15. The van der Waals surface area contributed by atoms with E-state index in [2.05, 4.69) is 20.3 Å². The number of hydrogen-bond acceptors (Lipinski definition) is 8. The van der Waals surface area contributed by atoms with Gasteiger partial charge in [-0.1, -0.05) is 5.16 Å². The number of rotatable bonds is 5. The molecule has 0 aromatic carbocycles. The second kappa shape index (κ2) is 8.75. The second-order valence-corrected chi connectivity index (χ2v) is 9.87. The van der Waals surface area contributed by atoms with Gasteiger partial charge in [0, 0.05) is 43.4 Å². The quantitative estimate of drug-likeness (QED) is 0.428. The number of anilines is 1. The number of nitrogens with zero attached hydrogens (tertiary/aromatic N) is 9. The van der Waals surface area contributed by atoms with Gasteiger partial charge >= 0.3 is 0 Å². The first kappa shape index (κ1) is 22.9. The van der Waals surface area contributed by atoms with E-state index in [4.69, 9.17) is 9.51 Å². The molecule has 0 radical (unpaired) electrons. The number of piperidine rings is 1. The molecular formula is C23H28FN9O2. The Bertz CT molecular complexity index is 1320. The van der Waals surface area contributed by atoms with Gasteiger partial charge in [0.25, 0.3) is 11.7 Å². The van der Waals surface area contributed by atoms with Crippen molar-refractivity contribution >= 4 is 17.2 Å². The van der Waals surface area contributed by atoms with Crippen LogP contribution in [0.25, 0.3) is 16.8 Å². The SMILES string of the molecule is Cn1cc(-c2cn3nccc3c(N3CC[C@@H](CN(C(=O)c4ncon4)C(C)(C)C)[C@@H](F)C3)n2)cn1. The fraction of sp³-hybridized carbons (Fsp3) is 0.478. The minimum Gasteiger partial charge on any atom is -0.352 e. The van der Waals surface area contributed by atoms with E-state index in [0.29, 0.717) is 24.5 Å². The van der Waals surface area contributed by atoms with Crippen LogP contribution in [-0.4, -0.2) is 76.7 Å². The molecule has 1 fully saturated rings. The van der Waals surface area contributed by atoms with Crippen molar-refractivity contribution in [3.05, 3.63) is 43.1 Å². The van der Waals surface area contributed by atoms with E-state index < -0.39 is 11.7 Å². The molecule has 1 aliphatic heterocycles. The Morgan fingerprint density at radius 3 is 2.77 bits per heavy atom. The summed E-state index contributed by atoms with van der Waals surface area (Å²) in [5.41, 5.74) is 1.86. The summed E-state index contributed by atoms with van der Waals surface area (Å²) in [5, 5.41) is 12.3. The van der Waals surface area contributed by atoms with Crippen molar-refractivity contribution in [2.45, 2.75) is 38.9 Å². The summed E-state index contributed by atoms with van der Waals surface area (Å²) in [5.74, 6) is -0.0377. The zero-order valence-corrected chi connectivity index (χ0v) is 20.2. The largest absolute Gasteiger partial charge is 0.352 e. The first-order valence-corrected chi connectivity index (χ1v) is 11.5. The zero-order valence-electron chi connectivity index (χ0n) is 20.2. The standard InChI is InChI=1S/C23H28FN9O2/c1-23(2,3)32(22(34)20-25-14-35-29-20)11-15-6-8-31(12-17(15)24)21-19-5-7-26-33(19)13-18(28-21)16-9-27-30(4)10-16/h5,7,9-10,13-15,17H,6,8,11-12H2,1-4H3/t15-,17-/m0/s1. The fourth-order valence-electron chi connectivity index (χ4n) is 4.47. The van der Waals surface area contributed by atoms with E-state index in [9.17, 15) is 4.79 Å². The summed E-state index contributed by atoms with van der Waals surface area (Å²) in [6.07, 6.45) is 7.71. The van der Waals surface area contributed by atoms with Crippen molar-refractivity contribution < 1.29 is 13.7 Å². The Kier molecular flexibility index (Phi) is 5.73. The van der Waals surface area contributed by atoms with Crippen LogP contribution in [0.15, 0.2) is 41.8 Å². The number of halogens is 1. The molecule has 5 rings (SSSR count). The minimum absolute atomic E-state index is 0.0210. The molecule has 0 aliphatic carbocycles. The molecule has 184 valence electrons. The molecule has 5 heterocycles. The van der Waals surface area contributed by atoms with E-state index in [0.717, 1.165) is 17.5 Å². The van der Waals surface area contributed by atoms with Gasteiger partial charge in [0.15, 0.2) is 5.82 Å². The molecule has 0 saturated carbocycles. The predicted molar refractivity (Wildman–Crippen MR) is 125 cm³/mol. The van der Waals surface area contributed by atoms with Crippen molar-refractivity contribution in [2.24, 2.45) is 13.0 Å². The summed E-state index contributed by atoms with van der Waals surface area (Å²) < 4.78 is 23.8. The van der Waals surface area contributed by atoms with Crippen molar-refractivity contribution in [3.8, 4) is 11.3 Å². The maximum absolute atomic E-state index is 15.6. The maximum atomic E-state index is 15.6. The van der Waals surface area contributed by atoms with Crippen molar-refractivity contribution in [1.29, 1.82) is 0 Å². The number of carbonyl (C=O) groups excluding carboxylic acids is 1. The summed E-state index contributed by atoms with van der Waals surface area (Å²) in [6.45, 7) is 6.77. The molecule has 4 aromatic heterocycles. The van der Waals surface area contributed by atoms with E-state index in [-0.39, 0.29) is 30.7 Å². The number of hydrogen-bond donors (Lipinski definition) is 0. The molecule has 1 amide bonds. The summed E-state index contributed by atoms with van der Waals surface area (Å²) >= 11 is 0. The Morgan fingerprint density at radius 2 is 2.11 bits per heavy atom. The predicted octanol–water partition coefficient (Wildman–Crippen LogP) is 2.62. The number of aryl methyl sites for hydroxylation is 1. The first-order chi connectivity index (χ1) is 16.7. The van der Waals surface area contributed by atoms with E-state index in [1.807, 2.05) is 51.2 Å². The van der Waals surface area contributed by atoms with Crippen LogP contribution in [0.5, 0.6) is 0 Å². The molecule has 4 aromatic rings. The topological polar surface area (TPSA) is 110 Å². The molecular weight excluding hydrogens is 453 g/mol. The highest BCUT2D eigenvalue weighted by molar-refractivity contribution is 5.90. The Hall–Kier alpha value is -3.83. The van der Waals surface area contributed by atoms with Crippen LogP contribution in [0.1, 0.15) is 37.8 Å². The molecule has 11 nitrogen and oxygen atoms in total. The van der Waals surface area contributed by atoms with Crippen molar-refractivity contribution in [1.82, 2.24) is 39.4 Å². The van der Waals surface area contributed by atoms with Crippen LogP contribution in [0.3, 0.4) is 0 Å². The van der Waals surface area contributed by atoms with Gasteiger partial charge in [-0.15, -0.1) is 0 Å². The second-order valence-electron chi connectivity index (χ2n) is 9.87. The van der Waals surface area contributed by atoms with E-state index in [1.54, 1.807) is 26.5 Å². The highest BCUT2D eigenvalue weighted by Crippen LogP contribution is 2.31. The lowest BCUT2D eigenvalue weighted by atomic mass is 9.92. The van der Waals surface area contributed by atoms with Crippen LogP contribution in [-0.2, 0) is 7.05 Å². The average molecular weight is 482 g/mol. The highest BCUT2D eigenvalue weighted by atomic mass is 19.1. The van der Waals surface area contributed by atoms with Crippen LogP contribution in [0.4, 0.5) is 10.2 Å². The molecule has 0 unspecified atom stereocenters. The Morgan fingerprint density at radius 1 is 1.29 bits per heavy atom. The summed E-state index contributed by atoms with van der Waals surface area (Å²) in [4.78, 5) is 25.3. The summed E-state index contributed by atoms with van der Waals surface area (Å²) in [7, 11) is 1.85. The number of amides is 1. The monoisotopic (exact) mass is 481 g/mol. The lowest BCUT2D eigenvalue weighted by Crippen LogP contribution is -2.52. The third-order valence-electron chi connectivity index (χ3n) is 6.37. The third kappa shape index (κ3) is 4.47. The maximum Gasteiger partial charge on any atom is 0.295 e. The fourth-order valence-corrected chi connectivity index (χ4v) is 4.47. The number of aromatic nitrogens is 7. The van der Waals surface area contributed by atoms with Crippen LogP contribution in [0.2, 0.25) is 0 Å². The van der Waals surface area contributed by atoms with E-state index >= 15 is 4.39 Å². The van der Waals surface area contributed by atoms with Crippen LogP contribution in [0, 0.1) is 5.92 Å². The average Bonchev–Trinajstić information content (AvgIpc) is 3.57. The van der Waals surface area contributed by atoms with Gasteiger partial charge in [0.1, 0.15) is 11.7 Å². The van der Waals surface area contributed by atoms with Gasteiger partial charge in [-0.05, 0) is 33.3 Å². The normalized spacial score (nSPS) is 18.8. The lowest BCUT2D eigenvalue weighted by Gasteiger charge is -2.41. The molecule has 0 spiro atoms. The number of alkyl halides is 1. The van der Waals surface area contributed by atoms with E-state index in [1.165, 1.54) is 0 Å². The van der Waals surface area contributed by atoms with Gasteiger partial charge in [-0.2, -0.15) is 15.2 Å². The van der Waals surface area contributed by atoms with Gasteiger partial charge < -0.3 is 14.3 Å². The third-order valence-corrected chi connectivity index (χ3v) is 6.37. The molecule has 35 heavy (non-hydrogen) atoms. The molecule has 0 N–H and O–H groups in total. The Balaban J connectivity index is 1.37. The smallest absolute Gasteiger partial charge is 0.295 e. The summed E-state index contributed by atoms with van der Waals surface area (Å²) in [6, 6.07) is 1.87. The van der Waals surface area contributed by atoms with Crippen LogP contribution >= 0.6 is 0 Å². The van der Waals surface area contributed by atoms with Gasteiger partial charge in [0.2, 0.25) is 6.39 Å². The van der Waals surface area contributed by atoms with Crippen LogP contribution < -0.4 is 4.90 Å². The van der Waals surface area contributed by atoms with Gasteiger partial charge in [-0.3, -0.25) is 9.48 Å². The molecule has 0 bridgehead atoms. The molecule has 12 heteroatoms. The molecule has 2 atom stereocenters. The zero-order chi connectivity index (χ0) is 24.7.